The maximum atomic E-state index is 13.2. The number of aryl methyl sites for hydroxylation is 2. The van der Waals surface area contributed by atoms with E-state index in [0.717, 1.165) is 0 Å². The molecule has 0 spiro atoms. The van der Waals surface area contributed by atoms with Gasteiger partial charge in [-0.3, -0.25) is 4.68 Å². The van der Waals surface area contributed by atoms with Crippen LogP contribution < -0.4 is 0 Å². The molecule has 2 aromatic rings. The first-order valence-electron chi connectivity index (χ1n) is 7.37. The van der Waals surface area contributed by atoms with E-state index in [4.69, 9.17) is 27.9 Å². The van der Waals surface area contributed by atoms with Gasteiger partial charge in [0.1, 0.15) is 12.8 Å². The minimum Gasteiger partial charge on any atom is -0.473 e. The lowest BCUT2D eigenvalue weighted by Crippen LogP contribution is -2.12. The van der Waals surface area contributed by atoms with Crippen LogP contribution in [0.5, 0.6) is 0 Å². The number of aromatic nitrogens is 2. The van der Waals surface area contributed by atoms with Crippen LogP contribution in [0.1, 0.15) is 16.8 Å². The Bertz CT molecular complexity index is 957. The van der Waals surface area contributed by atoms with Crippen LogP contribution >= 0.6 is 23.2 Å². The van der Waals surface area contributed by atoms with Crippen LogP contribution in [-0.4, -0.2) is 29.9 Å². The average Bonchev–Trinajstić information content (AvgIpc) is 2.87. The molecule has 5 nitrogen and oxygen atoms in total. The highest BCUT2D eigenvalue weighted by atomic mass is 35.5. The Hall–Kier alpha value is -2.37. The Labute approximate surface area is 163 Å². The third kappa shape index (κ3) is 4.49. The number of nitrogens with zero attached hydrogens (tertiary/aromatic N) is 3. The second kappa shape index (κ2) is 8.11. The van der Waals surface area contributed by atoms with E-state index in [2.05, 4.69) is 26.9 Å². The summed E-state index contributed by atoms with van der Waals surface area (Å²) in [5.74, 6) is 5.36. The lowest BCUT2D eigenvalue weighted by molar-refractivity contribution is -0.143. The Morgan fingerprint density at radius 3 is 2.44 bits per heavy atom. The van der Waals surface area contributed by atoms with Gasteiger partial charge in [0.2, 0.25) is 0 Å². The summed E-state index contributed by atoms with van der Waals surface area (Å²) >= 11 is 12.2. The first kappa shape index (κ1) is 20.9. The SMILES string of the molecule is CO/N=C(\C#Cc1cc(-c2nn(C)c(C(F)(F)F)c2Cl)c(C)cc1Cl)OC. The topological polar surface area (TPSA) is 48.6 Å². The molecule has 0 amide bonds. The van der Waals surface area contributed by atoms with Crippen LogP contribution in [-0.2, 0) is 22.8 Å². The zero-order valence-corrected chi connectivity index (χ0v) is 16.2. The second-order valence-electron chi connectivity index (χ2n) is 5.31. The summed E-state index contributed by atoms with van der Waals surface area (Å²) in [6.07, 6.45) is -4.63. The fourth-order valence-corrected chi connectivity index (χ4v) is 2.95. The second-order valence-corrected chi connectivity index (χ2v) is 6.10. The lowest BCUT2D eigenvalue weighted by atomic mass is 10.0. The average molecular weight is 420 g/mol. The molecule has 0 aliphatic heterocycles. The van der Waals surface area contributed by atoms with Gasteiger partial charge in [0.05, 0.1) is 17.2 Å². The van der Waals surface area contributed by atoms with Gasteiger partial charge >= 0.3 is 12.1 Å². The Kier molecular flexibility index (Phi) is 6.29. The van der Waals surface area contributed by atoms with Gasteiger partial charge in [-0.25, -0.2) is 0 Å². The van der Waals surface area contributed by atoms with Gasteiger partial charge in [-0.2, -0.15) is 18.3 Å². The van der Waals surface area contributed by atoms with E-state index >= 15 is 0 Å². The van der Waals surface area contributed by atoms with Crippen molar-refractivity contribution in [2.45, 2.75) is 13.1 Å². The molecule has 0 atom stereocenters. The summed E-state index contributed by atoms with van der Waals surface area (Å²) in [6, 6.07) is 3.08. The number of halogens is 5. The standard InChI is InChI=1S/C17H14Cl2F3N3O2/c1-9-7-12(18)10(5-6-13(26-3)24-27-4)8-11(9)15-14(19)16(17(20,21)22)25(2)23-15/h7-8H,1-4H3/b24-13+. The summed E-state index contributed by atoms with van der Waals surface area (Å²) in [6.45, 7) is 1.68. The molecule has 0 radical (unpaired) electrons. The number of alkyl halides is 3. The quantitative estimate of drug-likeness (QED) is 0.307. The molecule has 0 aliphatic carbocycles. The first-order chi connectivity index (χ1) is 12.6. The van der Waals surface area contributed by atoms with E-state index in [1.165, 1.54) is 27.3 Å². The number of hydrogen-bond acceptors (Lipinski definition) is 4. The van der Waals surface area contributed by atoms with Gasteiger partial charge < -0.3 is 9.57 Å². The van der Waals surface area contributed by atoms with Crippen molar-refractivity contribution < 1.29 is 22.7 Å². The van der Waals surface area contributed by atoms with Crippen LogP contribution in [0.25, 0.3) is 11.3 Å². The monoisotopic (exact) mass is 419 g/mol. The molecule has 1 aromatic heterocycles. The van der Waals surface area contributed by atoms with Crippen molar-refractivity contribution in [3.05, 3.63) is 39.0 Å². The minimum absolute atomic E-state index is 0.00548. The molecule has 0 unspecified atom stereocenters. The molecule has 10 heteroatoms. The van der Waals surface area contributed by atoms with Crippen molar-refractivity contribution in [1.82, 2.24) is 9.78 Å². The molecule has 2 rings (SSSR count). The molecule has 144 valence electrons. The van der Waals surface area contributed by atoms with Gasteiger partial charge in [-0.15, -0.1) is 0 Å². The van der Waals surface area contributed by atoms with Crippen molar-refractivity contribution in [2.75, 3.05) is 14.2 Å². The number of oxime groups is 1. The Morgan fingerprint density at radius 2 is 1.93 bits per heavy atom. The number of methoxy groups -OCH3 is 1. The largest absolute Gasteiger partial charge is 0.473 e. The summed E-state index contributed by atoms with van der Waals surface area (Å²) in [4.78, 5) is 4.58. The fourth-order valence-electron chi connectivity index (χ4n) is 2.32. The summed E-state index contributed by atoms with van der Waals surface area (Å²) in [5, 5.41) is 7.29. The van der Waals surface area contributed by atoms with E-state index in [1.807, 2.05) is 0 Å². The maximum Gasteiger partial charge on any atom is 0.434 e. The molecule has 0 N–H and O–H groups in total. The van der Waals surface area contributed by atoms with Crippen molar-refractivity contribution in [2.24, 2.45) is 12.2 Å². The van der Waals surface area contributed by atoms with Crippen LogP contribution in [0.15, 0.2) is 17.3 Å². The molecular weight excluding hydrogens is 406 g/mol. The summed E-state index contributed by atoms with van der Waals surface area (Å²) < 4.78 is 45.1. The third-order valence-electron chi connectivity index (χ3n) is 3.50. The molecule has 0 fully saturated rings. The molecule has 0 bridgehead atoms. The van der Waals surface area contributed by atoms with Gasteiger partial charge in [0, 0.05) is 24.1 Å². The zero-order chi connectivity index (χ0) is 20.4. The smallest absolute Gasteiger partial charge is 0.434 e. The van der Waals surface area contributed by atoms with Crippen molar-refractivity contribution >= 4 is 29.1 Å². The van der Waals surface area contributed by atoms with Gasteiger partial charge in [-0.1, -0.05) is 29.1 Å². The Morgan fingerprint density at radius 1 is 1.26 bits per heavy atom. The van der Waals surface area contributed by atoms with E-state index < -0.39 is 16.9 Å². The van der Waals surface area contributed by atoms with Crippen LogP contribution in [0.4, 0.5) is 13.2 Å². The normalized spacial score (nSPS) is 11.8. The molecule has 0 aliphatic rings. The minimum atomic E-state index is -4.63. The van der Waals surface area contributed by atoms with Crippen LogP contribution in [0, 0.1) is 18.8 Å². The number of ether oxygens (including phenoxy) is 1. The fraction of sp³-hybridized carbons (Fsp3) is 0.294. The molecule has 1 heterocycles. The molecule has 0 saturated carbocycles. The van der Waals surface area contributed by atoms with E-state index in [1.54, 1.807) is 13.0 Å². The number of benzene rings is 1. The third-order valence-corrected chi connectivity index (χ3v) is 4.17. The zero-order valence-electron chi connectivity index (χ0n) is 14.7. The van der Waals surface area contributed by atoms with Gasteiger partial charge in [0.25, 0.3) is 0 Å². The van der Waals surface area contributed by atoms with E-state index in [9.17, 15) is 13.2 Å². The summed E-state index contributed by atoms with van der Waals surface area (Å²) in [5.41, 5.74) is 0.268. The molecule has 27 heavy (non-hydrogen) atoms. The van der Waals surface area contributed by atoms with E-state index in [-0.39, 0.29) is 11.6 Å². The van der Waals surface area contributed by atoms with Gasteiger partial charge in [-0.05, 0) is 29.8 Å². The van der Waals surface area contributed by atoms with Crippen LogP contribution in [0.3, 0.4) is 0 Å². The first-order valence-corrected chi connectivity index (χ1v) is 8.13. The van der Waals surface area contributed by atoms with Crippen molar-refractivity contribution in [1.29, 1.82) is 0 Å². The van der Waals surface area contributed by atoms with Crippen LogP contribution in [0.2, 0.25) is 10.0 Å². The number of rotatable bonds is 2. The highest BCUT2D eigenvalue weighted by Gasteiger charge is 2.39. The van der Waals surface area contributed by atoms with Crippen molar-refractivity contribution in [3.63, 3.8) is 0 Å². The summed E-state index contributed by atoms with van der Waals surface area (Å²) in [7, 11) is 3.87. The highest BCUT2D eigenvalue weighted by molar-refractivity contribution is 6.34. The molecule has 0 saturated heterocycles. The van der Waals surface area contributed by atoms with Crippen molar-refractivity contribution in [3.8, 4) is 23.1 Å². The molecule has 1 aromatic carbocycles. The predicted octanol–water partition coefficient (Wildman–Crippen LogP) is 4.68. The Balaban J connectivity index is 2.62. The maximum absolute atomic E-state index is 13.2. The number of hydrogen-bond donors (Lipinski definition) is 0. The predicted molar refractivity (Wildman–Crippen MR) is 96.7 cm³/mol. The van der Waals surface area contributed by atoms with Gasteiger partial charge in [0.15, 0.2) is 5.69 Å². The highest BCUT2D eigenvalue weighted by Crippen LogP contribution is 2.40. The lowest BCUT2D eigenvalue weighted by Gasteiger charge is -2.07. The molecular formula is C17H14Cl2F3N3O2. The van der Waals surface area contributed by atoms with E-state index in [0.29, 0.717) is 26.4 Å².